The fourth-order valence-corrected chi connectivity index (χ4v) is 2.76. The van der Waals surface area contributed by atoms with Crippen molar-refractivity contribution >= 4 is 5.78 Å². The highest BCUT2D eigenvalue weighted by Gasteiger charge is 2.35. The van der Waals surface area contributed by atoms with Crippen LogP contribution in [0.1, 0.15) is 52.4 Å². The molecule has 2 unspecified atom stereocenters. The predicted molar refractivity (Wildman–Crippen MR) is 58.0 cm³/mol. The SMILES string of the molecule is CC(C(=O)C(C)C1CCC1)C1CCC1. The fourth-order valence-electron chi connectivity index (χ4n) is 2.76. The van der Waals surface area contributed by atoms with E-state index in [4.69, 9.17) is 0 Å². The number of hydrogen-bond donors (Lipinski definition) is 0. The van der Waals surface area contributed by atoms with Gasteiger partial charge in [0.1, 0.15) is 5.78 Å². The van der Waals surface area contributed by atoms with Crippen molar-refractivity contribution in [1.82, 2.24) is 0 Å². The Hall–Kier alpha value is -0.330. The van der Waals surface area contributed by atoms with Gasteiger partial charge in [0.2, 0.25) is 0 Å². The Morgan fingerprint density at radius 3 is 1.50 bits per heavy atom. The molecule has 2 aliphatic rings. The van der Waals surface area contributed by atoms with E-state index >= 15 is 0 Å². The average molecular weight is 194 g/mol. The lowest BCUT2D eigenvalue weighted by Gasteiger charge is -2.36. The summed E-state index contributed by atoms with van der Waals surface area (Å²) >= 11 is 0. The Kier molecular flexibility index (Phi) is 2.94. The van der Waals surface area contributed by atoms with Crippen molar-refractivity contribution in [2.75, 3.05) is 0 Å². The zero-order chi connectivity index (χ0) is 10.1. The smallest absolute Gasteiger partial charge is 0.139 e. The van der Waals surface area contributed by atoms with Crippen LogP contribution in [0.3, 0.4) is 0 Å². The quantitative estimate of drug-likeness (QED) is 0.670. The van der Waals surface area contributed by atoms with Gasteiger partial charge >= 0.3 is 0 Å². The second kappa shape index (κ2) is 4.04. The lowest BCUT2D eigenvalue weighted by atomic mass is 9.68. The molecule has 2 atom stereocenters. The standard InChI is InChI=1S/C13H22O/c1-9(11-5-3-6-11)13(14)10(2)12-7-4-8-12/h9-12H,3-8H2,1-2H3. The second-order valence-corrected chi connectivity index (χ2v) is 5.36. The van der Waals surface area contributed by atoms with Crippen LogP contribution in [0, 0.1) is 23.7 Å². The number of hydrogen-bond acceptors (Lipinski definition) is 1. The molecule has 0 bridgehead atoms. The first kappa shape index (κ1) is 10.2. The van der Waals surface area contributed by atoms with Gasteiger partial charge in [-0.25, -0.2) is 0 Å². The molecule has 0 heterocycles. The van der Waals surface area contributed by atoms with Crippen LogP contribution in [-0.2, 0) is 4.79 Å². The summed E-state index contributed by atoms with van der Waals surface area (Å²) in [7, 11) is 0. The molecule has 0 radical (unpaired) electrons. The lowest BCUT2D eigenvalue weighted by Crippen LogP contribution is -2.35. The highest BCUT2D eigenvalue weighted by molar-refractivity contribution is 5.83. The Morgan fingerprint density at radius 2 is 1.29 bits per heavy atom. The molecular formula is C13H22O. The maximum Gasteiger partial charge on any atom is 0.139 e. The molecule has 1 heteroatoms. The van der Waals surface area contributed by atoms with Crippen molar-refractivity contribution in [1.29, 1.82) is 0 Å². The van der Waals surface area contributed by atoms with E-state index in [0.29, 0.717) is 17.6 Å². The van der Waals surface area contributed by atoms with Crippen molar-refractivity contribution in [3.8, 4) is 0 Å². The molecule has 2 fully saturated rings. The topological polar surface area (TPSA) is 17.1 Å². The molecule has 2 aliphatic carbocycles. The van der Waals surface area contributed by atoms with Crippen molar-refractivity contribution in [3.63, 3.8) is 0 Å². The fraction of sp³-hybridized carbons (Fsp3) is 0.923. The van der Waals surface area contributed by atoms with Gasteiger partial charge in [-0.05, 0) is 37.5 Å². The highest BCUT2D eigenvalue weighted by atomic mass is 16.1. The molecule has 0 aromatic rings. The molecule has 0 N–H and O–H groups in total. The molecule has 0 saturated heterocycles. The second-order valence-electron chi connectivity index (χ2n) is 5.36. The van der Waals surface area contributed by atoms with Crippen LogP contribution in [0.5, 0.6) is 0 Å². The summed E-state index contributed by atoms with van der Waals surface area (Å²) in [6, 6.07) is 0. The predicted octanol–water partition coefficient (Wildman–Crippen LogP) is 3.43. The first-order valence-corrected chi connectivity index (χ1v) is 6.24. The molecule has 0 aromatic heterocycles. The number of rotatable bonds is 4. The summed E-state index contributed by atoms with van der Waals surface area (Å²) in [6.45, 7) is 4.31. The van der Waals surface area contributed by atoms with Crippen molar-refractivity contribution < 1.29 is 4.79 Å². The molecule has 1 nitrogen and oxygen atoms in total. The van der Waals surface area contributed by atoms with Gasteiger partial charge in [0.25, 0.3) is 0 Å². The maximum absolute atomic E-state index is 12.1. The van der Waals surface area contributed by atoms with Gasteiger partial charge in [0, 0.05) is 11.8 Å². The Labute approximate surface area is 87.3 Å². The number of Topliss-reactive ketones (excluding diaryl/α,β-unsaturated/α-hetero) is 1. The first-order valence-electron chi connectivity index (χ1n) is 6.24. The summed E-state index contributed by atoms with van der Waals surface area (Å²) in [5.74, 6) is 2.70. The van der Waals surface area contributed by atoms with Crippen LogP contribution in [0.2, 0.25) is 0 Å². The third-order valence-electron chi connectivity index (χ3n) is 4.61. The number of carbonyl (C=O) groups excluding carboxylic acids is 1. The van der Waals surface area contributed by atoms with Gasteiger partial charge in [-0.3, -0.25) is 4.79 Å². The van der Waals surface area contributed by atoms with Crippen molar-refractivity contribution in [2.24, 2.45) is 23.7 Å². The highest BCUT2D eigenvalue weighted by Crippen LogP contribution is 2.39. The number of carbonyl (C=O) groups is 1. The van der Waals surface area contributed by atoms with E-state index in [1.807, 2.05) is 0 Å². The normalized spacial score (nSPS) is 27.6. The van der Waals surface area contributed by atoms with Gasteiger partial charge in [-0.1, -0.05) is 26.7 Å². The lowest BCUT2D eigenvalue weighted by molar-refractivity contribution is -0.131. The van der Waals surface area contributed by atoms with Gasteiger partial charge in [-0.15, -0.1) is 0 Å². The molecule has 0 aliphatic heterocycles. The van der Waals surface area contributed by atoms with Crippen LogP contribution >= 0.6 is 0 Å². The van der Waals surface area contributed by atoms with E-state index in [9.17, 15) is 4.79 Å². The molecule has 14 heavy (non-hydrogen) atoms. The zero-order valence-electron chi connectivity index (χ0n) is 9.46. The third kappa shape index (κ3) is 1.74. The summed E-state index contributed by atoms with van der Waals surface area (Å²) in [4.78, 5) is 12.1. The molecular weight excluding hydrogens is 172 g/mol. The van der Waals surface area contributed by atoms with Gasteiger partial charge in [-0.2, -0.15) is 0 Å². The van der Waals surface area contributed by atoms with E-state index in [-0.39, 0.29) is 0 Å². The average Bonchev–Trinajstić information content (AvgIpc) is 1.96. The van der Waals surface area contributed by atoms with Crippen LogP contribution in [-0.4, -0.2) is 5.78 Å². The monoisotopic (exact) mass is 194 g/mol. The molecule has 80 valence electrons. The van der Waals surface area contributed by atoms with Gasteiger partial charge in [0.05, 0.1) is 0 Å². The Morgan fingerprint density at radius 1 is 0.929 bits per heavy atom. The minimum Gasteiger partial charge on any atom is -0.299 e. The largest absolute Gasteiger partial charge is 0.299 e. The molecule has 0 amide bonds. The maximum atomic E-state index is 12.1. The molecule has 2 rings (SSSR count). The van der Waals surface area contributed by atoms with Crippen molar-refractivity contribution in [3.05, 3.63) is 0 Å². The molecule has 2 saturated carbocycles. The number of ketones is 1. The molecule has 0 aromatic carbocycles. The minimum absolute atomic E-state index is 0.347. The van der Waals surface area contributed by atoms with E-state index in [2.05, 4.69) is 13.8 Å². The van der Waals surface area contributed by atoms with Crippen LogP contribution in [0.4, 0.5) is 0 Å². The first-order chi connectivity index (χ1) is 6.70. The molecule has 0 spiro atoms. The van der Waals surface area contributed by atoms with Crippen LogP contribution in [0.15, 0.2) is 0 Å². The summed E-state index contributed by atoms with van der Waals surface area (Å²) in [6.07, 6.45) is 7.88. The van der Waals surface area contributed by atoms with Crippen molar-refractivity contribution in [2.45, 2.75) is 52.4 Å². The van der Waals surface area contributed by atoms with Gasteiger partial charge in [0.15, 0.2) is 0 Å². The van der Waals surface area contributed by atoms with E-state index < -0.39 is 0 Å². The Bertz CT molecular complexity index is 191. The van der Waals surface area contributed by atoms with Gasteiger partial charge < -0.3 is 0 Å². The zero-order valence-corrected chi connectivity index (χ0v) is 9.46. The summed E-state index contributed by atoms with van der Waals surface area (Å²) in [5, 5.41) is 0. The summed E-state index contributed by atoms with van der Waals surface area (Å²) in [5.41, 5.74) is 0. The summed E-state index contributed by atoms with van der Waals surface area (Å²) < 4.78 is 0. The minimum atomic E-state index is 0.347. The van der Waals surface area contributed by atoms with E-state index in [0.717, 1.165) is 11.8 Å². The van der Waals surface area contributed by atoms with Crippen LogP contribution in [0.25, 0.3) is 0 Å². The Balaban J connectivity index is 1.85. The van der Waals surface area contributed by atoms with E-state index in [1.54, 1.807) is 0 Å². The van der Waals surface area contributed by atoms with Crippen LogP contribution < -0.4 is 0 Å². The third-order valence-corrected chi connectivity index (χ3v) is 4.61. The van der Waals surface area contributed by atoms with E-state index in [1.165, 1.54) is 38.5 Å².